The number of nitrogens with one attached hydrogen (secondary N) is 1. The molecule has 3 rings (SSSR count). The van der Waals surface area contributed by atoms with Gasteiger partial charge in [-0.25, -0.2) is 9.97 Å². The van der Waals surface area contributed by atoms with Crippen LogP contribution in [0.15, 0.2) is 24.5 Å². The summed E-state index contributed by atoms with van der Waals surface area (Å²) in [5.74, 6) is 0.850. The fourth-order valence-corrected chi connectivity index (χ4v) is 2.44. The van der Waals surface area contributed by atoms with Crippen molar-refractivity contribution in [2.24, 2.45) is 0 Å². The molecule has 0 aliphatic carbocycles. The number of anilines is 1. The van der Waals surface area contributed by atoms with Crippen LogP contribution in [0.25, 0.3) is 0 Å². The Bertz CT molecular complexity index is 603. The van der Waals surface area contributed by atoms with Crippen LogP contribution < -0.4 is 4.90 Å². The van der Waals surface area contributed by atoms with E-state index in [1.807, 2.05) is 17.9 Å². The molecule has 0 unspecified atom stereocenters. The zero-order chi connectivity index (χ0) is 14.7. The van der Waals surface area contributed by atoms with Gasteiger partial charge in [-0.05, 0) is 19.1 Å². The third-order valence-electron chi connectivity index (χ3n) is 3.56. The second-order valence-corrected chi connectivity index (χ2v) is 5.14. The van der Waals surface area contributed by atoms with Crippen molar-refractivity contribution < 1.29 is 4.79 Å². The monoisotopic (exact) mass is 286 g/mol. The number of aromatic nitrogens is 4. The number of rotatable bonds is 3. The molecule has 7 nitrogen and oxygen atoms in total. The molecule has 1 aliphatic heterocycles. The number of carbonyl (C=O) groups is 1. The molecule has 2 aromatic heterocycles. The van der Waals surface area contributed by atoms with E-state index in [1.165, 1.54) is 0 Å². The Morgan fingerprint density at radius 2 is 1.95 bits per heavy atom. The summed E-state index contributed by atoms with van der Waals surface area (Å²) in [6, 6.07) is 3.71. The first-order valence-electron chi connectivity index (χ1n) is 7.03. The van der Waals surface area contributed by atoms with Gasteiger partial charge in [0.25, 0.3) is 0 Å². The van der Waals surface area contributed by atoms with Gasteiger partial charge in [0, 0.05) is 44.3 Å². The van der Waals surface area contributed by atoms with Crippen LogP contribution in [0.3, 0.4) is 0 Å². The van der Waals surface area contributed by atoms with Crippen molar-refractivity contribution in [1.82, 2.24) is 25.1 Å². The number of hydrogen-bond acceptors (Lipinski definition) is 5. The van der Waals surface area contributed by atoms with E-state index >= 15 is 0 Å². The third kappa shape index (κ3) is 3.18. The van der Waals surface area contributed by atoms with Crippen LogP contribution in [0.5, 0.6) is 0 Å². The maximum Gasteiger partial charge on any atom is 0.228 e. The molecule has 110 valence electrons. The summed E-state index contributed by atoms with van der Waals surface area (Å²) in [6.45, 7) is 4.84. The molecule has 0 saturated carbocycles. The van der Waals surface area contributed by atoms with Gasteiger partial charge in [0.05, 0.1) is 12.1 Å². The predicted octanol–water partition coefficient (Wildman–Crippen LogP) is 0.399. The van der Waals surface area contributed by atoms with Gasteiger partial charge in [-0.2, -0.15) is 5.10 Å². The lowest BCUT2D eigenvalue weighted by molar-refractivity contribution is -0.130. The van der Waals surface area contributed by atoms with Gasteiger partial charge in [0.2, 0.25) is 11.9 Å². The Morgan fingerprint density at radius 1 is 1.24 bits per heavy atom. The van der Waals surface area contributed by atoms with Crippen molar-refractivity contribution in [3.8, 4) is 0 Å². The summed E-state index contributed by atoms with van der Waals surface area (Å²) < 4.78 is 0. The Hall–Kier alpha value is -2.44. The van der Waals surface area contributed by atoms with E-state index in [-0.39, 0.29) is 5.91 Å². The van der Waals surface area contributed by atoms with Gasteiger partial charge in [-0.3, -0.25) is 9.89 Å². The highest BCUT2D eigenvalue weighted by Gasteiger charge is 2.22. The lowest BCUT2D eigenvalue weighted by Gasteiger charge is -2.34. The molecule has 1 fully saturated rings. The highest BCUT2D eigenvalue weighted by Crippen LogP contribution is 2.11. The molecular formula is C14H18N6O. The summed E-state index contributed by atoms with van der Waals surface area (Å²) in [7, 11) is 0. The number of nitrogens with zero attached hydrogens (tertiary/aromatic N) is 5. The van der Waals surface area contributed by atoms with Gasteiger partial charge in [0.1, 0.15) is 0 Å². The molecule has 1 aliphatic rings. The van der Waals surface area contributed by atoms with Crippen LogP contribution in [0.1, 0.15) is 11.4 Å². The molecule has 0 atom stereocenters. The van der Waals surface area contributed by atoms with Crippen molar-refractivity contribution in [1.29, 1.82) is 0 Å². The minimum absolute atomic E-state index is 0.120. The van der Waals surface area contributed by atoms with Crippen molar-refractivity contribution in [2.75, 3.05) is 31.1 Å². The lowest BCUT2D eigenvalue weighted by Crippen LogP contribution is -2.49. The summed E-state index contributed by atoms with van der Waals surface area (Å²) in [5, 5.41) is 6.97. The predicted molar refractivity (Wildman–Crippen MR) is 77.9 cm³/mol. The number of piperazine rings is 1. The summed E-state index contributed by atoms with van der Waals surface area (Å²) >= 11 is 0. The zero-order valence-corrected chi connectivity index (χ0v) is 12.0. The number of aromatic amines is 1. The zero-order valence-electron chi connectivity index (χ0n) is 12.0. The molecular weight excluding hydrogens is 268 g/mol. The first-order chi connectivity index (χ1) is 10.2. The van der Waals surface area contributed by atoms with Crippen LogP contribution in [0.2, 0.25) is 0 Å². The molecule has 1 N–H and O–H groups in total. The second kappa shape index (κ2) is 5.90. The average molecular weight is 286 g/mol. The molecule has 7 heteroatoms. The Balaban J connectivity index is 1.54. The van der Waals surface area contributed by atoms with Crippen LogP contribution in [0.4, 0.5) is 5.95 Å². The van der Waals surface area contributed by atoms with Gasteiger partial charge in [0.15, 0.2) is 0 Å². The maximum absolute atomic E-state index is 12.2. The molecule has 2 aromatic rings. The van der Waals surface area contributed by atoms with E-state index in [0.717, 1.165) is 30.4 Å². The van der Waals surface area contributed by atoms with Crippen molar-refractivity contribution in [3.63, 3.8) is 0 Å². The fraction of sp³-hybridized carbons (Fsp3) is 0.429. The van der Waals surface area contributed by atoms with Crippen LogP contribution >= 0.6 is 0 Å². The van der Waals surface area contributed by atoms with Crippen LogP contribution in [0, 0.1) is 6.92 Å². The molecule has 21 heavy (non-hydrogen) atoms. The van der Waals surface area contributed by atoms with Crippen LogP contribution in [-0.4, -0.2) is 57.2 Å². The summed E-state index contributed by atoms with van der Waals surface area (Å²) in [5.41, 5.74) is 1.77. The Morgan fingerprint density at radius 3 is 2.57 bits per heavy atom. The van der Waals surface area contributed by atoms with Crippen molar-refractivity contribution >= 4 is 11.9 Å². The minimum atomic E-state index is 0.120. The first kappa shape index (κ1) is 13.5. The SMILES string of the molecule is Cc1cc(CC(=O)N2CCN(c3ncccn3)CC2)n[nH]1. The molecule has 0 aromatic carbocycles. The quantitative estimate of drug-likeness (QED) is 0.883. The van der Waals surface area contributed by atoms with Gasteiger partial charge in [-0.15, -0.1) is 0 Å². The standard InChI is InChI=1S/C14H18N6O/c1-11-9-12(18-17-11)10-13(21)19-5-7-20(8-6-19)14-15-3-2-4-16-14/h2-4,9H,5-8,10H2,1H3,(H,17,18). The van der Waals surface area contributed by atoms with Gasteiger partial charge in [-0.1, -0.05) is 0 Å². The molecule has 1 amide bonds. The Labute approximate surface area is 123 Å². The van der Waals surface area contributed by atoms with Gasteiger partial charge >= 0.3 is 0 Å². The topological polar surface area (TPSA) is 78.0 Å². The number of hydrogen-bond donors (Lipinski definition) is 1. The Kier molecular flexibility index (Phi) is 3.81. The first-order valence-corrected chi connectivity index (χ1v) is 7.03. The van der Waals surface area contributed by atoms with Crippen LogP contribution in [-0.2, 0) is 11.2 Å². The third-order valence-corrected chi connectivity index (χ3v) is 3.56. The smallest absolute Gasteiger partial charge is 0.228 e. The van der Waals surface area contributed by atoms with E-state index in [4.69, 9.17) is 0 Å². The molecule has 3 heterocycles. The number of aryl methyl sites for hydroxylation is 1. The normalized spacial score (nSPS) is 15.3. The van der Waals surface area contributed by atoms with Gasteiger partial charge < -0.3 is 9.80 Å². The average Bonchev–Trinajstić information content (AvgIpc) is 2.93. The number of carbonyl (C=O) groups excluding carboxylic acids is 1. The number of H-pyrrole nitrogens is 1. The molecule has 0 bridgehead atoms. The summed E-state index contributed by atoms with van der Waals surface area (Å²) in [4.78, 5) is 24.7. The number of amides is 1. The van der Waals surface area contributed by atoms with Crippen molar-refractivity contribution in [3.05, 3.63) is 35.9 Å². The molecule has 0 spiro atoms. The molecule has 0 radical (unpaired) electrons. The molecule has 1 saturated heterocycles. The second-order valence-electron chi connectivity index (χ2n) is 5.14. The minimum Gasteiger partial charge on any atom is -0.339 e. The van der Waals surface area contributed by atoms with E-state index < -0.39 is 0 Å². The van der Waals surface area contributed by atoms with E-state index in [9.17, 15) is 4.79 Å². The van der Waals surface area contributed by atoms with E-state index in [2.05, 4.69) is 25.1 Å². The lowest BCUT2D eigenvalue weighted by atomic mass is 10.2. The van der Waals surface area contributed by atoms with E-state index in [1.54, 1.807) is 18.5 Å². The largest absolute Gasteiger partial charge is 0.339 e. The fourth-order valence-electron chi connectivity index (χ4n) is 2.44. The van der Waals surface area contributed by atoms with E-state index in [0.29, 0.717) is 19.5 Å². The highest BCUT2D eigenvalue weighted by atomic mass is 16.2. The van der Waals surface area contributed by atoms with Crippen molar-refractivity contribution in [2.45, 2.75) is 13.3 Å². The maximum atomic E-state index is 12.2. The highest BCUT2D eigenvalue weighted by molar-refractivity contribution is 5.78. The summed E-state index contributed by atoms with van der Waals surface area (Å²) in [6.07, 6.45) is 3.83.